The van der Waals surface area contributed by atoms with E-state index < -0.39 is 10.0 Å². The summed E-state index contributed by atoms with van der Waals surface area (Å²) in [6, 6.07) is 9.88. The van der Waals surface area contributed by atoms with Crippen LogP contribution in [0.1, 0.15) is 25.7 Å². The van der Waals surface area contributed by atoms with Gasteiger partial charge in [0.05, 0.1) is 19.1 Å². The molecule has 2 aromatic carbocycles. The summed E-state index contributed by atoms with van der Waals surface area (Å²) in [5, 5.41) is 2.93. The van der Waals surface area contributed by atoms with Gasteiger partial charge in [0.15, 0.2) is 23.0 Å². The lowest BCUT2D eigenvalue weighted by Gasteiger charge is -2.30. The largest absolute Gasteiger partial charge is 0.493 e. The minimum atomic E-state index is -3.70. The third-order valence-electron chi connectivity index (χ3n) is 5.82. The van der Waals surface area contributed by atoms with Crippen molar-refractivity contribution in [2.45, 2.75) is 31.1 Å². The normalized spacial score (nSPS) is 15.5. The van der Waals surface area contributed by atoms with Crippen LogP contribution in [0.25, 0.3) is 11.1 Å². The molecule has 0 saturated carbocycles. The van der Waals surface area contributed by atoms with E-state index in [0.29, 0.717) is 53.4 Å². The highest BCUT2D eigenvalue weighted by molar-refractivity contribution is 7.89. The van der Waals surface area contributed by atoms with Gasteiger partial charge in [-0.1, -0.05) is 6.92 Å². The average Bonchev–Trinajstić information content (AvgIpc) is 3.26. The second-order valence-corrected chi connectivity index (χ2v) is 9.77. The Morgan fingerprint density at radius 1 is 1.12 bits per heavy atom. The number of methoxy groups -OCH3 is 2. The van der Waals surface area contributed by atoms with Gasteiger partial charge < -0.3 is 19.2 Å². The molecule has 9 nitrogen and oxygen atoms in total. The molecule has 0 spiro atoms. The third kappa shape index (κ3) is 4.67. The molecule has 1 saturated heterocycles. The van der Waals surface area contributed by atoms with E-state index >= 15 is 0 Å². The lowest BCUT2D eigenvalue weighted by molar-refractivity contribution is -0.120. The molecule has 2 heterocycles. The quantitative estimate of drug-likeness (QED) is 0.559. The zero-order chi connectivity index (χ0) is 23.6. The van der Waals surface area contributed by atoms with Crippen LogP contribution in [-0.4, -0.2) is 50.9 Å². The van der Waals surface area contributed by atoms with Gasteiger partial charge in [-0.3, -0.25) is 4.79 Å². The van der Waals surface area contributed by atoms with Crippen molar-refractivity contribution in [2.24, 2.45) is 5.92 Å². The second-order valence-electron chi connectivity index (χ2n) is 7.83. The summed E-state index contributed by atoms with van der Waals surface area (Å²) < 4.78 is 43.6. The van der Waals surface area contributed by atoms with Crippen molar-refractivity contribution in [3.63, 3.8) is 0 Å². The first-order valence-corrected chi connectivity index (χ1v) is 12.2. The highest BCUT2D eigenvalue weighted by atomic mass is 32.2. The number of hydrogen-bond donors (Lipinski definition) is 1. The van der Waals surface area contributed by atoms with Crippen molar-refractivity contribution in [3.8, 4) is 11.5 Å². The summed E-state index contributed by atoms with van der Waals surface area (Å²) in [6.07, 6.45) is 1.57. The second kappa shape index (κ2) is 9.40. The van der Waals surface area contributed by atoms with Crippen LogP contribution in [0.4, 0.5) is 5.69 Å². The predicted molar refractivity (Wildman–Crippen MR) is 123 cm³/mol. The van der Waals surface area contributed by atoms with Gasteiger partial charge >= 0.3 is 0 Å². The molecule has 0 bridgehead atoms. The van der Waals surface area contributed by atoms with E-state index in [4.69, 9.17) is 13.9 Å². The van der Waals surface area contributed by atoms with E-state index in [1.54, 1.807) is 24.3 Å². The van der Waals surface area contributed by atoms with Gasteiger partial charge in [-0.2, -0.15) is 4.31 Å². The first-order valence-electron chi connectivity index (χ1n) is 10.8. The molecule has 0 atom stereocenters. The molecular formula is C23H27N3O6S. The van der Waals surface area contributed by atoms with Crippen molar-refractivity contribution in [3.05, 3.63) is 42.3 Å². The molecule has 1 fully saturated rings. The smallest absolute Gasteiger partial charge is 0.243 e. The molecule has 0 radical (unpaired) electrons. The molecule has 0 unspecified atom stereocenters. The Labute approximate surface area is 192 Å². The number of carbonyl (C=O) groups excluding carboxylic acids is 1. The summed E-state index contributed by atoms with van der Waals surface area (Å²) in [6.45, 7) is 2.49. The summed E-state index contributed by atoms with van der Waals surface area (Å²) in [5.41, 5.74) is 2.02. The number of fused-ring (bicyclic) bond motifs is 1. The lowest BCUT2D eigenvalue weighted by atomic mass is 9.97. The van der Waals surface area contributed by atoms with Gasteiger partial charge in [0.25, 0.3) is 0 Å². The maximum absolute atomic E-state index is 13.1. The molecule has 10 heteroatoms. The number of aryl methyl sites for hydroxylation is 1. The van der Waals surface area contributed by atoms with Crippen molar-refractivity contribution in [1.29, 1.82) is 0 Å². The molecule has 1 aromatic heterocycles. The van der Waals surface area contributed by atoms with Crippen LogP contribution >= 0.6 is 0 Å². The number of nitrogens with one attached hydrogen (secondary N) is 1. The van der Waals surface area contributed by atoms with E-state index in [2.05, 4.69) is 10.3 Å². The van der Waals surface area contributed by atoms with E-state index in [1.165, 1.54) is 30.7 Å². The zero-order valence-electron chi connectivity index (χ0n) is 18.8. The fraction of sp³-hybridized carbons (Fsp3) is 0.391. The Hall–Kier alpha value is -3.11. The maximum Gasteiger partial charge on any atom is 0.243 e. The number of hydrogen-bond acceptors (Lipinski definition) is 7. The predicted octanol–water partition coefficient (Wildman–Crippen LogP) is 3.45. The zero-order valence-corrected chi connectivity index (χ0v) is 19.6. The van der Waals surface area contributed by atoms with Crippen LogP contribution in [0.3, 0.4) is 0 Å². The Morgan fingerprint density at radius 2 is 1.85 bits per heavy atom. The van der Waals surface area contributed by atoms with Crippen LogP contribution in [0.2, 0.25) is 0 Å². The van der Waals surface area contributed by atoms with Crippen molar-refractivity contribution >= 4 is 32.7 Å². The van der Waals surface area contributed by atoms with Gasteiger partial charge in [0.2, 0.25) is 15.9 Å². The summed E-state index contributed by atoms with van der Waals surface area (Å²) >= 11 is 0. The molecule has 4 rings (SSSR count). The minimum Gasteiger partial charge on any atom is -0.493 e. The number of ether oxygens (including phenoxy) is 2. The fourth-order valence-electron chi connectivity index (χ4n) is 3.93. The van der Waals surface area contributed by atoms with Crippen LogP contribution in [0, 0.1) is 5.92 Å². The summed E-state index contributed by atoms with van der Waals surface area (Å²) in [7, 11) is -0.751. The molecule has 176 valence electrons. The van der Waals surface area contributed by atoms with Crippen LogP contribution in [-0.2, 0) is 21.2 Å². The van der Waals surface area contributed by atoms with Crippen LogP contribution < -0.4 is 14.8 Å². The SMILES string of the molecule is CCc1nc2cc(NC(=O)C3CCN(S(=O)(=O)c4ccc(OC)c(OC)c4)CC3)ccc2o1. The van der Waals surface area contributed by atoms with Crippen LogP contribution in [0.15, 0.2) is 45.7 Å². The first-order chi connectivity index (χ1) is 15.8. The topological polar surface area (TPSA) is 111 Å². The maximum atomic E-state index is 13.1. The molecule has 1 N–H and O–H groups in total. The Kier molecular flexibility index (Phi) is 6.57. The number of piperidine rings is 1. The fourth-order valence-corrected chi connectivity index (χ4v) is 5.42. The van der Waals surface area contributed by atoms with E-state index in [1.807, 2.05) is 6.92 Å². The van der Waals surface area contributed by atoms with Crippen molar-refractivity contribution in [2.75, 3.05) is 32.6 Å². The first kappa shape index (κ1) is 23.1. The Morgan fingerprint density at radius 3 is 2.52 bits per heavy atom. The minimum absolute atomic E-state index is 0.128. The highest BCUT2D eigenvalue weighted by Crippen LogP contribution is 2.32. The van der Waals surface area contributed by atoms with E-state index in [9.17, 15) is 13.2 Å². The molecule has 33 heavy (non-hydrogen) atoms. The van der Waals surface area contributed by atoms with Crippen molar-refractivity contribution in [1.82, 2.24) is 9.29 Å². The summed E-state index contributed by atoms with van der Waals surface area (Å²) in [4.78, 5) is 17.3. The summed E-state index contributed by atoms with van der Waals surface area (Å²) in [5.74, 6) is 1.05. The molecule has 1 aliphatic heterocycles. The van der Waals surface area contributed by atoms with Gasteiger partial charge in [-0.25, -0.2) is 13.4 Å². The Balaban J connectivity index is 1.40. The van der Waals surface area contributed by atoms with Gasteiger partial charge in [-0.15, -0.1) is 0 Å². The molecular weight excluding hydrogens is 446 g/mol. The number of benzene rings is 2. The lowest BCUT2D eigenvalue weighted by Crippen LogP contribution is -2.41. The molecule has 3 aromatic rings. The monoisotopic (exact) mass is 473 g/mol. The standard InChI is InChI=1S/C23H27N3O6S/c1-4-22-25-18-13-16(5-7-19(18)32-22)24-23(27)15-9-11-26(12-10-15)33(28,29)17-6-8-20(30-2)21(14-17)31-3/h5-8,13-15H,4,9-12H2,1-3H3,(H,24,27). The van der Waals surface area contributed by atoms with E-state index in [-0.39, 0.29) is 29.8 Å². The number of oxazole rings is 1. The number of aromatic nitrogens is 1. The van der Waals surface area contributed by atoms with Gasteiger partial charge in [-0.05, 0) is 43.2 Å². The molecule has 1 aliphatic rings. The Bertz CT molecular complexity index is 1260. The number of anilines is 1. The third-order valence-corrected chi connectivity index (χ3v) is 7.71. The number of rotatable bonds is 7. The number of carbonyl (C=O) groups is 1. The van der Waals surface area contributed by atoms with Crippen molar-refractivity contribution < 1.29 is 27.1 Å². The molecule has 0 aliphatic carbocycles. The number of nitrogens with zero attached hydrogens (tertiary/aromatic N) is 2. The molecule has 1 amide bonds. The van der Waals surface area contributed by atoms with E-state index in [0.717, 1.165) is 0 Å². The number of amides is 1. The van der Waals surface area contributed by atoms with Gasteiger partial charge in [0.1, 0.15) is 5.52 Å². The van der Waals surface area contributed by atoms with Crippen LogP contribution in [0.5, 0.6) is 11.5 Å². The number of sulfonamides is 1. The van der Waals surface area contributed by atoms with Gasteiger partial charge in [0, 0.05) is 37.2 Å². The average molecular weight is 474 g/mol. The highest BCUT2D eigenvalue weighted by Gasteiger charge is 2.32.